The van der Waals surface area contributed by atoms with Crippen LogP contribution in [0.5, 0.6) is 0 Å². The van der Waals surface area contributed by atoms with E-state index in [-0.39, 0.29) is 37.2 Å². The second-order valence-electron chi connectivity index (χ2n) is 0.105. The van der Waals surface area contributed by atoms with E-state index in [0.29, 0.717) is 0 Å². The van der Waals surface area contributed by atoms with E-state index in [1.807, 2.05) is 0 Å². The highest BCUT2D eigenvalue weighted by Gasteiger charge is 1.17. The van der Waals surface area contributed by atoms with Crippen molar-refractivity contribution in [1.29, 1.82) is 0 Å². The molecule has 0 aromatic carbocycles. The van der Waals surface area contributed by atoms with Crippen LogP contribution in [0.3, 0.4) is 0 Å². The Morgan fingerprint density at radius 2 is 1.17 bits per heavy atom. The van der Waals surface area contributed by atoms with Gasteiger partial charge in [0.1, 0.15) is 0 Å². The number of hydrogen-bond acceptors (Lipinski definition) is 1. The van der Waals surface area contributed by atoms with Crippen LogP contribution in [-0.2, 0) is 4.57 Å². The molecule has 0 aliphatic rings. The largest absolute Gasteiger partial charge is 0.348 e. The molecule has 0 amide bonds. The van der Waals surface area contributed by atoms with Crippen LogP contribution in [0.4, 0.5) is 0 Å². The minimum absolute atomic E-state index is 0. The fourth-order valence-electron chi connectivity index (χ4n) is 0. The van der Waals surface area contributed by atoms with Crippen LogP contribution < -0.4 is 0 Å². The molecule has 0 fully saturated rings. The normalized spacial score (nSPS) is 4.83. The van der Waals surface area contributed by atoms with E-state index in [0.717, 1.165) is 0 Å². The van der Waals surface area contributed by atoms with Gasteiger partial charge in [0.05, 0.1) is 0 Å². The molecule has 0 rings (SSSR count). The topological polar surface area (TPSA) is 37.3 Å². The highest BCUT2D eigenvalue weighted by Crippen LogP contribution is 1.66. The molecule has 0 spiro atoms. The van der Waals surface area contributed by atoms with E-state index in [1.54, 1.807) is 0 Å². The quantitative estimate of drug-likeness (QED) is 0.556. The molecule has 6 heteroatoms. The zero-order valence-corrected chi connectivity index (χ0v) is 6.26. The first kappa shape index (κ1) is 27.7. The molecular weight excluding hydrogens is 169 g/mol. The Morgan fingerprint density at radius 3 is 1.17 bits per heavy atom. The van der Waals surface area contributed by atoms with E-state index in [1.165, 1.54) is 0 Å². The zero-order valence-electron chi connectivity index (χ0n) is 2.66. The average Bonchev–Trinajstić information content (AvgIpc) is 0.918. The van der Waals surface area contributed by atoms with Crippen LogP contribution in [0.2, 0.25) is 0 Å². The first-order valence-corrected chi connectivity index (χ1v) is 1.48. The van der Waals surface area contributed by atoms with Crippen LogP contribution in [0.1, 0.15) is 0 Å². The van der Waals surface area contributed by atoms with Crippen molar-refractivity contribution < 1.29 is 9.46 Å². The lowest BCUT2D eigenvalue weighted by atomic mass is 15.9. The molecule has 0 heterocycles. The maximum absolute atomic E-state index is 8.57. The van der Waals surface area contributed by atoms with Crippen molar-refractivity contribution in [3.05, 3.63) is 0 Å². The Labute approximate surface area is 55.8 Å². The molecule has 0 aliphatic carbocycles. The highest BCUT2D eigenvalue weighted by molar-refractivity contribution is 7.16. The second-order valence-corrected chi connectivity index (χ2v) is 0.316. The number of rotatable bonds is 0. The SMILES string of the molecule is Cl.Cl.Cl.O=[PH2]O. The first-order valence-electron chi connectivity index (χ1n) is 0.494. The first-order chi connectivity index (χ1) is 1.41. The lowest BCUT2D eigenvalue weighted by molar-refractivity contribution is 0.524. The standard InChI is InChI=1S/3ClH.H3O2P/c;;;1-3-2/h3*1H;3H2,(H,1,2). The van der Waals surface area contributed by atoms with Gasteiger partial charge in [0.25, 0.3) is 0 Å². The smallest absolute Gasteiger partial charge is 0.177 e. The van der Waals surface area contributed by atoms with Gasteiger partial charge in [-0.2, -0.15) is 0 Å². The highest BCUT2D eigenvalue weighted by atomic mass is 35.5. The Kier molecular flexibility index (Phi) is 169. The van der Waals surface area contributed by atoms with Gasteiger partial charge in [0.15, 0.2) is 8.69 Å². The van der Waals surface area contributed by atoms with Gasteiger partial charge >= 0.3 is 0 Å². The molecule has 44 valence electrons. The Bertz CT molecular complexity index is 16.3. The summed E-state index contributed by atoms with van der Waals surface area (Å²) in [5.41, 5.74) is 0. The third-order valence-electron chi connectivity index (χ3n) is 0. The summed E-state index contributed by atoms with van der Waals surface area (Å²) in [6.07, 6.45) is 0. The molecule has 0 aliphatic heterocycles. The minimum Gasteiger partial charge on any atom is -0.348 e. The molecular formula is H6Cl3O2P. The van der Waals surface area contributed by atoms with Crippen molar-refractivity contribution in [3.63, 3.8) is 0 Å². The van der Waals surface area contributed by atoms with Crippen molar-refractivity contribution >= 4 is 45.9 Å². The number of halogens is 3. The van der Waals surface area contributed by atoms with E-state index < -0.39 is 8.69 Å². The molecule has 0 saturated heterocycles. The molecule has 0 aromatic rings. The molecule has 2 nitrogen and oxygen atoms in total. The van der Waals surface area contributed by atoms with Crippen molar-refractivity contribution in [2.75, 3.05) is 0 Å². The molecule has 0 radical (unpaired) electrons. The maximum Gasteiger partial charge on any atom is 0.177 e. The Hall–Kier alpha value is 1.06. The second kappa shape index (κ2) is 36.6. The summed E-state index contributed by atoms with van der Waals surface area (Å²) in [5.74, 6) is 0. The number of hydrogen-bond donors (Lipinski definition) is 1. The van der Waals surface area contributed by atoms with Crippen molar-refractivity contribution in [3.8, 4) is 0 Å². The predicted octanol–water partition coefficient (Wildman–Crippen LogP) is 0.915. The van der Waals surface area contributed by atoms with Gasteiger partial charge in [-0.1, -0.05) is 0 Å². The van der Waals surface area contributed by atoms with Crippen LogP contribution >= 0.6 is 45.9 Å². The summed E-state index contributed by atoms with van der Waals surface area (Å²) in [6, 6.07) is 0. The summed E-state index contributed by atoms with van der Waals surface area (Å²) in [5, 5.41) is 0. The van der Waals surface area contributed by atoms with Crippen molar-refractivity contribution in [1.82, 2.24) is 0 Å². The predicted molar refractivity (Wildman–Crippen MR) is 34.4 cm³/mol. The van der Waals surface area contributed by atoms with Crippen LogP contribution in [0.25, 0.3) is 0 Å². The van der Waals surface area contributed by atoms with E-state index >= 15 is 0 Å². The molecule has 0 saturated carbocycles. The lowest BCUT2D eigenvalue weighted by Gasteiger charge is -1.33. The van der Waals surface area contributed by atoms with Crippen LogP contribution in [-0.4, -0.2) is 4.89 Å². The third-order valence-corrected chi connectivity index (χ3v) is 0. The summed E-state index contributed by atoms with van der Waals surface area (Å²) >= 11 is 0. The summed E-state index contributed by atoms with van der Waals surface area (Å²) in [7, 11) is -1.50. The van der Waals surface area contributed by atoms with Crippen molar-refractivity contribution in [2.24, 2.45) is 0 Å². The van der Waals surface area contributed by atoms with Gasteiger partial charge in [-0.15, -0.1) is 37.2 Å². The molecule has 0 bridgehead atoms. The van der Waals surface area contributed by atoms with Crippen molar-refractivity contribution in [2.45, 2.75) is 0 Å². The average molecular weight is 175 g/mol. The summed E-state index contributed by atoms with van der Waals surface area (Å²) in [4.78, 5) is 7.10. The molecule has 6 heavy (non-hydrogen) atoms. The zero-order chi connectivity index (χ0) is 2.71. The van der Waals surface area contributed by atoms with E-state index in [2.05, 4.69) is 0 Å². The molecule has 1 atom stereocenters. The molecule has 1 N–H and O–H groups in total. The lowest BCUT2D eigenvalue weighted by Crippen LogP contribution is -1.03. The van der Waals surface area contributed by atoms with E-state index in [9.17, 15) is 0 Å². The van der Waals surface area contributed by atoms with Gasteiger partial charge in [0, 0.05) is 0 Å². The van der Waals surface area contributed by atoms with Gasteiger partial charge < -0.3 is 4.89 Å². The van der Waals surface area contributed by atoms with Gasteiger partial charge in [-0.25, -0.2) is 0 Å². The fourth-order valence-corrected chi connectivity index (χ4v) is 0. The molecule has 0 aromatic heterocycles. The Balaban J connectivity index is -0.00000000667. The minimum atomic E-state index is -1.50. The van der Waals surface area contributed by atoms with Crippen LogP contribution in [0.15, 0.2) is 0 Å². The van der Waals surface area contributed by atoms with Gasteiger partial charge in [-0.3, -0.25) is 4.57 Å². The summed E-state index contributed by atoms with van der Waals surface area (Å²) in [6.45, 7) is 0. The van der Waals surface area contributed by atoms with Gasteiger partial charge in [0.2, 0.25) is 0 Å². The maximum atomic E-state index is 8.57. The van der Waals surface area contributed by atoms with E-state index in [4.69, 9.17) is 9.46 Å². The molecule has 1 unspecified atom stereocenters. The Morgan fingerprint density at radius 1 is 1.17 bits per heavy atom. The van der Waals surface area contributed by atoms with Crippen LogP contribution in [0, 0.1) is 0 Å². The monoisotopic (exact) mass is 174 g/mol. The summed E-state index contributed by atoms with van der Waals surface area (Å²) < 4.78 is 8.57. The van der Waals surface area contributed by atoms with Gasteiger partial charge in [-0.05, 0) is 0 Å². The fraction of sp³-hybridized carbons (Fsp3) is 0. The third kappa shape index (κ3) is 74.2.